The van der Waals surface area contributed by atoms with Gasteiger partial charge in [0.1, 0.15) is 17.6 Å². The maximum Gasteiger partial charge on any atom is 0.120 e. The average molecular weight is 395 g/mol. The van der Waals surface area contributed by atoms with Crippen molar-refractivity contribution in [1.29, 1.82) is 0 Å². The van der Waals surface area contributed by atoms with Crippen molar-refractivity contribution in [3.05, 3.63) is 59.2 Å². The normalized spacial score (nSPS) is 21.2. The molecule has 0 N–H and O–H groups in total. The van der Waals surface area contributed by atoms with E-state index in [9.17, 15) is 0 Å². The fraction of sp³-hybridized carbons (Fsp3) is 0.520. The first-order chi connectivity index (χ1) is 14.0. The first-order valence-electron chi connectivity index (χ1n) is 10.9. The molecule has 0 amide bonds. The second-order valence-corrected chi connectivity index (χ2v) is 8.83. The zero-order valence-electron chi connectivity index (χ0n) is 18.2. The van der Waals surface area contributed by atoms with Crippen molar-refractivity contribution in [2.45, 2.75) is 51.3 Å². The summed E-state index contributed by atoms with van der Waals surface area (Å²) in [6.45, 7) is 8.84. The fourth-order valence-electron chi connectivity index (χ4n) is 4.72. The Balaban J connectivity index is 1.49. The highest BCUT2D eigenvalue weighted by atomic mass is 16.5. The molecule has 29 heavy (non-hydrogen) atoms. The van der Waals surface area contributed by atoms with Crippen molar-refractivity contribution in [1.82, 2.24) is 9.80 Å². The summed E-state index contributed by atoms with van der Waals surface area (Å²) in [6, 6.07) is 15.9. The minimum absolute atomic E-state index is 0.335. The number of methoxy groups -OCH3 is 1. The van der Waals surface area contributed by atoms with Gasteiger partial charge in [0.2, 0.25) is 0 Å². The predicted molar refractivity (Wildman–Crippen MR) is 118 cm³/mol. The number of fused-ring (bicyclic) bond motifs is 1. The van der Waals surface area contributed by atoms with Gasteiger partial charge in [0, 0.05) is 38.1 Å². The van der Waals surface area contributed by atoms with Crippen LogP contribution in [0.2, 0.25) is 0 Å². The molecule has 2 aliphatic heterocycles. The molecule has 1 saturated heterocycles. The molecule has 4 heteroatoms. The summed E-state index contributed by atoms with van der Waals surface area (Å²) in [5, 5.41) is 0. The SMILES string of the molecule is COc1ccc(C2CN(C)Cc3cc(OC4CCN(C(C)C)CC4)ccc32)cc1. The molecule has 2 aromatic rings. The van der Waals surface area contributed by atoms with Crippen molar-refractivity contribution in [3.8, 4) is 11.5 Å². The second-order valence-electron chi connectivity index (χ2n) is 8.83. The molecule has 0 radical (unpaired) electrons. The van der Waals surface area contributed by atoms with Gasteiger partial charge >= 0.3 is 0 Å². The molecule has 2 aromatic carbocycles. The van der Waals surface area contributed by atoms with Crippen molar-refractivity contribution in [2.75, 3.05) is 33.8 Å². The Morgan fingerprint density at radius 1 is 0.966 bits per heavy atom. The van der Waals surface area contributed by atoms with Gasteiger partial charge in [0.15, 0.2) is 0 Å². The van der Waals surface area contributed by atoms with Gasteiger partial charge in [0.05, 0.1) is 7.11 Å². The predicted octanol–water partition coefficient (Wildman–Crippen LogP) is 4.52. The quantitative estimate of drug-likeness (QED) is 0.744. The van der Waals surface area contributed by atoms with Crippen LogP contribution in [-0.2, 0) is 6.54 Å². The monoisotopic (exact) mass is 394 g/mol. The molecule has 2 aliphatic rings. The summed E-state index contributed by atoms with van der Waals surface area (Å²) in [4.78, 5) is 4.95. The maximum absolute atomic E-state index is 6.39. The summed E-state index contributed by atoms with van der Waals surface area (Å²) in [7, 11) is 3.92. The molecule has 1 unspecified atom stereocenters. The number of hydrogen-bond donors (Lipinski definition) is 0. The molecule has 1 atom stereocenters. The Bertz CT molecular complexity index is 810. The van der Waals surface area contributed by atoms with Crippen molar-refractivity contribution >= 4 is 0 Å². The summed E-state index contributed by atoms with van der Waals surface area (Å²) in [6.07, 6.45) is 2.56. The molecule has 0 aliphatic carbocycles. The van der Waals surface area contributed by atoms with Crippen LogP contribution in [0, 0.1) is 0 Å². The molecular formula is C25H34N2O2. The first kappa shape index (κ1) is 20.2. The van der Waals surface area contributed by atoms with Crippen LogP contribution in [0.3, 0.4) is 0 Å². The lowest BCUT2D eigenvalue weighted by Gasteiger charge is -2.35. The number of rotatable bonds is 5. The van der Waals surface area contributed by atoms with E-state index in [2.05, 4.69) is 73.2 Å². The number of hydrogen-bond acceptors (Lipinski definition) is 4. The molecule has 4 rings (SSSR count). The van der Waals surface area contributed by atoms with Gasteiger partial charge in [-0.2, -0.15) is 0 Å². The molecule has 0 bridgehead atoms. The van der Waals surface area contributed by atoms with Crippen LogP contribution >= 0.6 is 0 Å². The van der Waals surface area contributed by atoms with Crippen LogP contribution < -0.4 is 9.47 Å². The lowest BCUT2D eigenvalue weighted by molar-refractivity contribution is 0.0841. The Morgan fingerprint density at radius 2 is 1.66 bits per heavy atom. The van der Waals surface area contributed by atoms with E-state index in [0.717, 1.165) is 50.5 Å². The third-order valence-corrected chi connectivity index (χ3v) is 6.45. The molecule has 156 valence electrons. The van der Waals surface area contributed by atoms with Crippen LogP contribution in [0.4, 0.5) is 0 Å². The van der Waals surface area contributed by atoms with Crippen LogP contribution in [0.15, 0.2) is 42.5 Å². The first-order valence-corrected chi connectivity index (χ1v) is 10.9. The molecule has 2 heterocycles. The van der Waals surface area contributed by atoms with Gasteiger partial charge in [0.25, 0.3) is 0 Å². The summed E-state index contributed by atoms with van der Waals surface area (Å²) in [5.74, 6) is 2.32. The van der Waals surface area contributed by atoms with Crippen LogP contribution in [0.25, 0.3) is 0 Å². The standard InChI is InChI=1S/C25H34N2O2/c1-18(2)27-13-11-22(12-14-27)29-23-9-10-24-20(15-23)16-26(3)17-25(24)19-5-7-21(28-4)8-6-19/h5-10,15,18,22,25H,11-14,16-17H2,1-4H3. The van der Waals surface area contributed by atoms with E-state index in [0.29, 0.717) is 18.1 Å². The number of piperidine rings is 1. The highest BCUT2D eigenvalue weighted by molar-refractivity contribution is 5.45. The largest absolute Gasteiger partial charge is 0.497 e. The molecule has 0 aromatic heterocycles. The van der Waals surface area contributed by atoms with Gasteiger partial charge in [-0.15, -0.1) is 0 Å². The Hall–Kier alpha value is -2.04. The number of ether oxygens (including phenoxy) is 2. The topological polar surface area (TPSA) is 24.9 Å². The van der Waals surface area contributed by atoms with E-state index in [1.54, 1.807) is 7.11 Å². The number of benzene rings is 2. The zero-order valence-corrected chi connectivity index (χ0v) is 18.2. The van der Waals surface area contributed by atoms with E-state index < -0.39 is 0 Å². The zero-order chi connectivity index (χ0) is 20.4. The number of likely N-dealkylation sites (N-methyl/N-ethyl adjacent to an activating group) is 1. The van der Waals surface area contributed by atoms with E-state index in [1.807, 2.05) is 0 Å². The van der Waals surface area contributed by atoms with Gasteiger partial charge in [-0.3, -0.25) is 0 Å². The van der Waals surface area contributed by atoms with E-state index >= 15 is 0 Å². The Kier molecular flexibility index (Phi) is 6.12. The third-order valence-electron chi connectivity index (χ3n) is 6.45. The highest BCUT2D eigenvalue weighted by Gasteiger charge is 2.26. The maximum atomic E-state index is 6.39. The second kappa shape index (κ2) is 8.76. The minimum atomic E-state index is 0.335. The summed E-state index contributed by atoms with van der Waals surface area (Å²) in [5.41, 5.74) is 4.15. The van der Waals surface area contributed by atoms with Gasteiger partial charge < -0.3 is 19.3 Å². The average Bonchev–Trinajstić information content (AvgIpc) is 2.73. The molecule has 0 spiro atoms. The Morgan fingerprint density at radius 3 is 2.31 bits per heavy atom. The molecule has 4 nitrogen and oxygen atoms in total. The summed E-state index contributed by atoms with van der Waals surface area (Å²) < 4.78 is 11.7. The molecule has 0 saturated carbocycles. The number of likely N-dealkylation sites (tertiary alicyclic amines) is 1. The molecule has 1 fully saturated rings. The van der Waals surface area contributed by atoms with Crippen LogP contribution in [0.1, 0.15) is 49.3 Å². The van der Waals surface area contributed by atoms with Crippen molar-refractivity contribution in [2.24, 2.45) is 0 Å². The third kappa shape index (κ3) is 4.59. The van der Waals surface area contributed by atoms with Crippen molar-refractivity contribution in [3.63, 3.8) is 0 Å². The van der Waals surface area contributed by atoms with Crippen LogP contribution in [0.5, 0.6) is 11.5 Å². The molecular weight excluding hydrogens is 360 g/mol. The van der Waals surface area contributed by atoms with Gasteiger partial charge in [-0.25, -0.2) is 0 Å². The van der Waals surface area contributed by atoms with E-state index in [-0.39, 0.29) is 0 Å². The van der Waals surface area contributed by atoms with E-state index in [4.69, 9.17) is 9.47 Å². The number of nitrogens with zero attached hydrogens (tertiary/aromatic N) is 2. The van der Waals surface area contributed by atoms with Gasteiger partial charge in [-0.1, -0.05) is 18.2 Å². The highest BCUT2D eigenvalue weighted by Crippen LogP contribution is 2.36. The fourth-order valence-corrected chi connectivity index (χ4v) is 4.72. The minimum Gasteiger partial charge on any atom is -0.497 e. The van der Waals surface area contributed by atoms with Crippen molar-refractivity contribution < 1.29 is 9.47 Å². The lowest BCUT2D eigenvalue weighted by atomic mass is 9.84. The summed E-state index contributed by atoms with van der Waals surface area (Å²) >= 11 is 0. The van der Waals surface area contributed by atoms with Crippen LogP contribution in [-0.4, -0.2) is 55.7 Å². The van der Waals surface area contributed by atoms with E-state index in [1.165, 1.54) is 16.7 Å². The Labute approximate surface area is 175 Å². The smallest absolute Gasteiger partial charge is 0.120 e. The van der Waals surface area contributed by atoms with Gasteiger partial charge in [-0.05, 0) is 74.7 Å². The lowest BCUT2D eigenvalue weighted by Crippen LogP contribution is -2.41.